The smallest absolute Gasteiger partial charge is 0.336 e. The summed E-state index contributed by atoms with van der Waals surface area (Å²) in [6.45, 7) is 0.558. The van der Waals surface area contributed by atoms with Crippen molar-refractivity contribution in [3.05, 3.63) is 71.7 Å². The molecule has 31 heavy (non-hydrogen) atoms. The van der Waals surface area contributed by atoms with Crippen LogP contribution in [0.25, 0.3) is 22.6 Å². The van der Waals surface area contributed by atoms with Crippen LogP contribution in [0, 0.1) is 5.82 Å². The van der Waals surface area contributed by atoms with E-state index in [9.17, 15) is 17.6 Å². The fourth-order valence-corrected chi connectivity index (χ4v) is 4.11. The number of rotatable bonds is 4. The van der Waals surface area contributed by atoms with Crippen molar-refractivity contribution in [2.75, 3.05) is 0 Å². The molecule has 10 heteroatoms. The number of fused-ring (bicyclic) bond motifs is 1. The van der Waals surface area contributed by atoms with Crippen LogP contribution < -0.4 is 0 Å². The van der Waals surface area contributed by atoms with Crippen LogP contribution in [0.2, 0.25) is 0 Å². The van der Waals surface area contributed by atoms with E-state index in [1.807, 2.05) is 15.8 Å². The van der Waals surface area contributed by atoms with Gasteiger partial charge in [0, 0.05) is 30.4 Å². The van der Waals surface area contributed by atoms with Gasteiger partial charge < -0.3 is 4.57 Å². The Morgan fingerprint density at radius 2 is 1.97 bits per heavy atom. The lowest BCUT2D eigenvalue weighted by molar-refractivity contribution is -0.140. The van der Waals surface area contributed by atoms with Gasteiger partial charge in [-0.25, -0.2) is 9.37 Å². The molecule has 1 aromatic carbocycles. The van der Waals surface area contributed by atoms with E-state index in [1.54, 1.807) is 18.6 Å². The lowest BCUT2D eigenvalue weighted by atomic mass is 10.0. The Balaban J connectivity index is 1.41. The van der Waals surface area contributed by atoms with E-state index >= 15 is 0 Å². The van der Waals surface area contributed by atoms with Crippen LogP contribution in [0.5, 0.6) is 0 Å². The van der Waals surface area contributed by atoms with Gasteiger partial charge in [-0.2, -0.15) is 28.6 Å². The van der Waals surface area contributed by atoms with E-state index in [4.69, 9.17) is 0 Å². The van der Waals surface area contributed by atoms with Crippen molar-refractivity contribution in [3.8, 4) is 22.6 Å². The maximum absolute atomic E-state index is 14.3. The SMILES string of the molecule is Fc1cccc2c1[C@@H](Cn1cnc(-c3cc(-c4n[nH]nc4C(F)(F)F)ccn3)c1)CC2. The summed E-state index contributed by atoms with van der Waals surface area (Å²) in [5.74, 6) is -0.148. The first-order valence-corrected chi connectivity index (χ1v) is 9.64. The molecule has 3 aromatic heterocycles. The molecule has 158 valence electrons. The molecule has 0 saturated heterocycles. The zero-order valence-corrected chi connectivity index (χ0v) is 16.1. The summed E-state index contributed by atoms with van der Waals surface area (Å²) < 4.78 is 55.6. The van der Waals surface area contributed by atoms with Crippen molar-refractivity contribution in [3.63, 3.8) is 0 Å². The molecule has 0 fully saturated rings. The Hall–Kier alpha value is -3.56. The van der Waals surface area contributed by atoms with Gasteiger partial charge in [0.15, 0.2) is 5.69 Å². The third-order valence-corrected chi connectivity index (χ3v) is 5.49. The molecule has 0 bridgehead atoms. The molecule has 3 heterocycles. The van der Waals surface area contributed by atoms with Gasteiger partial charge in [0.2, 0.25) is 0 Å². The quantitative estimate of drug-likeness (QED) is 0.482. The van der Waals surface area contributed by atoms with Crippen LogP contribution in [-0.4, -0.2) is 29.9 Å². The average Bonchev–Trinajstić information content (AvgIpc) is 3.48. The molecule has 6 nitrogen and oxygen atoms in total. The van der Waals surface area contributed by atoms with Gasteiger partial charge in [-0.1, -0.05) is 12.1 Å². The molecular weight excluding hydrogens is 412 g/mol. The fourth-order valence-electron chi connectivity index (χ4n) is 4.11. The number of hydrogen-bond acceptors (Lipinski definition) is 4. The Morgan fingerprint density at radius 3 is 2.81 bits per heavy atom. The van der Waals surface area contributed by atoms with Crippen LogP contribution in [0.3, 0.4) is 0 Å². The van der Waals surface area contributed by atoms with Crippen molar-refractivity contribution < 1.29 is 17.6 Å². The Bertz CT molecular complexity index is 1240. The zero-order chi connectivity index (χ0) is 21.6. The molecule has 0 aliphatic heterocycles. The first-order valence-electron chi connectivity index (χ1n) is 9.64. The number of halogens is 4. The standard InChI is InChI=1S/C21H16F4N6/c22-15-3-1-2-12-4-5-14(18(12)15)9-31-10-17(27-11-31)16-8-13(6-7-26-16)19-20(21(23,24)25)29-30-28-19/h1-3,6-8,10-11,14H,4-5,9H2,(H,28,29,30)/t14-/m1/s1. The van der Waals surface area contributed by atoms with E-state index in [0.29, 0.717) is 17.9 Å². The lowest BCUT2D eigenvalue weighted by Crippen LogP contribution is -2.07. The monoisotopic (exact) mass is 428 g/mol. The van der Waals surface area contributed by atoms with Gasteiger partial charge in [0.05, 0.1) is 12.0 Å². The molecule has 5 rings (SSSR count). The number of pyridine rings is 1. The molecule has 1 N–H and O–H groups in total. The maximum Gasteiger partial charge on any atom is 0.437 e. The molecule has 1 aliphatic carbocycles. The third kappa shape index (κ3) is 3.58. The maximum atomic E-state index is 14.3. The minimum atomic E-state index is -4.62. The van der Waals surface area contributed by atoms with Gasteiger partial charge >= 0.3 is 6.18 Å². The molecule has 0 saturated carbocycles. The minimum absolute atomic E-state index is 0.0435. The number of aromatic nitrogens is 6. The summed E-state index contributed by atoms with van der Waals surface area (Å²) >= 11 is 0. The highest BCUT2D eigenvalue weighted by atomic mass is 19.4. The number of hydrogen-bond donors (Lipinski definition) is 1. The number of nitrogens with one attached hydrogen (secondary N) is 1. The van der Waals surface area contributed by atoms with Gasteiger partial charge in [0.25, 0.3) is 0 Å². The van der Waals surface area contributed by atoms with Gasteiger partial charge in [-0.05, 0) is 42.2 Å². The Morgan fingerprint density at radius 1 is 1.10 bits per heavy atom. The normalized spacial score (nSPS) is 15.9. The summed E-state index contributed by atoms with van der Waals surface area (Å²) in [6.07, 6.45) is 1.85. The number of aryl methyl sites for hydroxylation is 1. The van der Waals surface area contributed by atoms with E-state index in [0.717, 1.165) is 24.0 Å². The topological polar surface area (TPSA) is 72.3 Å². The summed E-state index contributed by atoms with van der Waals surface area (Å²) in [5, 5.41) is 8.90. The third-order valence-electron chi connectivity index (χ3n) is 5.49. The van der Waals surface area contributed by atoms with Crippen molar-refractivity contribution in [1.29, 1.82) is 0 Å². The van der Waals surface area contributed by atoms with Crippen molar-refractivity contribution in [2.24, 2.45) is 0 Å². The van der Waals surface area contributed by atoms with Gasteiger partial charge in [0.1, 0.15) is 17.2 Å². The molecule has 1 aliphatic rings. The molecular formula is C21H16F4N6. The van der Waals surface area contributed by atoms with Gasteiger partial charge in [-0.15, -0.1) is 0 Å². The first kappa shape index (κ1) is 19.4. The number of imidazole rings is 1. The van der Waals surface area contributed by atoms with E-state index in [1.165, 1.54) is 24.4 Å². The highest BCUT2D eigenvalue weighted by Gasteiger charge is 2.38. The highest BCUT2D eigenvalue weighted by Crippen LogP contribution is 2.37. The average molecular weight is 428 g/mol. The van der Waals surface area contributed by atoms with E-state index < -0.39 is 11.9 Å². The van der Waals surface area contributed by atoms with Gasteiger partial charge in [-0.3, -0.25) is 4.98 Å². The number of H-pyrrole nitrogens is 1. The second-order valence-electron chi connectivity index (χ2n) is 7.45. The van der Waals surface area contributed by atoms with Crippen LogP contribution >= 0.6 is 0 Å². The Labute approximate surface area is 174 Å². The molecule has 1 atom stereocenters. The summed E-state index contributed by atoms with van der Waals surface area (Å²) in [7, 11) is 0. The van der Waals surface area contributed by atoms with E-state index in [2.05, 4.69) is 20.2 Å². The minimum Gasteiger partial charge on any atom is -0.336 e. The van der Waals surface area contributed by atoms with E-state index in [-0.39, 0.29) is 23.0 Å². The molecule has 0 radical (unpaired) electrons. The highest BCUT2D eigenvalue weighted by molar-refractivity contribution is 5.67. The molecule has 0 spiro atoms. The molecule has 0 unspecified atom stereocenters. The van der Waals surface area contributed by atoms with Crippen LogP contribution in [0.4, 0.5) is 17.6 Å². The van der Waals surface area contributed by atoms with Crippen molar-refractivity contribution in [1.82, 2.24) is 29.9 Å². The number of benzene rings is 1. The Kier molecular flexibility index (Phi) is 4.57. The molecule has 0 amide bonds. The fraction of sp³-hybridized carbons (Fsp3) is 0.238. The van der Waals surface area contributed by atoms with Crippen LogP contribution in [0.1, 0.15) is 29.2 Å². The molecule has 4 aromatic rings. The number of nitrogens with zero attached hydrogens (tertiary/aromatic N) is 5. The second kappa shape index (κ2) is 7.29. The number of alkyl halides is 3. The van der Waals surface area contributed by atoms with Crippen LogP contribution in [-0.2, 0) is 19.1 Å². The zero-order valence-electron chi connectivity index (χ0n) is 16.1. The van der Waals surface area contributed by atoms with Crippen molar-refractivity contribution >= 4 is 0 Å². The van der Waals surface area contributed by atoms with Crippen molar-refractivity contribution in [2.45, 2.75) is 31.5 Å². The lowest BCUT2D eigenvalue weighted by Gasteiger charge is -2.13. The summed E-state index contributed by atoms with van der Waals surface area (Å²) in [5.41, 5.74) is 1.55. The number of aromatic amines is 1. The first-order chi connectivity index (χ1) is 14.9. The largest absolute Gasteiger partial charge is 0.437 e. The van der Waals surface area contributed by atoms with Crippen LogP contribution in [0.15, 0.2) is 49.1 Å². The summed E-state index contributed by atoms with van der Waals surface area (Å²) in [6, 6.07) is 8.08. The predicted octanol–water partition coefficient (Wildman–Crippen LogP) is 4.62. The second-order valence-corrected chi connectivity index (χ2v) is 7.45. The predicted molar refractivity (Wildman–Crippen MR) is 103 cm³/mol. The summed E-state index contributed by atoms with van der Waals surface area (Å²) in [4.78, 5) is 8.57.